The molecule has 0 radical (unpaired) electrons. The Labute approximate surface area is 213 Å². The van der Waals surface area contributed by atoms with Crippen LogP contribution in [0, 0.1) is 5.92 Å². The van der Waals surface area contributed by atoms with Crippen molar-refractivity contribution >= 4 is 54.0 Å². The lowest BCUT2D eigenvalue weighted by Gasteiger charge is -2.33. The number of benzene rings is 1. The van der Waals surface area contributed by atoms with Crippen molar-refractivity contribution in [2.45, 2.75) is 42.9 Å². The second-order valence-electron chi connectivity index (χ2n) is 8.73. The number of ether oxygens (including phenoxy) is 2. The predicted molar refractivity (Wildman–Crippen MR) is 138 cm³/mol. The summed E-state index contributed by atoms with van der Waals surface area (Å²) in [4.78, 5) is 20.4. The Morgan fingerprint density at radius 2 is 2.06 bits per heavy atom. The maximum absolute atomic E-state index is 13.8. The zero-order chi connectivity index (χ0) is 24.4. The quantitative estimate of drug-likeness (QED) is 0.426. The van der Waals surface area contributed by atoms with Crippen molar-refractivity contribution in [1.82, 2.24) is 9.29 Å². The molecule has 35 heavy (non-hydrogen) atoms. The molecule has 11 heteroatoms. The molecule has 0 bridgehead atoms. The Kier molecular flexibility index (Phi) is 7.40. The van der Waals surface area contributed by atoms with E-state index < -0.39 is 10.0 Å². The first-order valence-electron chi connectivity index (χ1n) is 12.0. The van der Waals surface area contributed by atoms with Gasteiger partial charge in [0, 0.05) is 25.6 Å². The van der Waals surface area contributed by atoms with Gasteiger partial charge < -0.3 is 9.47 Å². The van der Waals surface area contributed by atoms with Gasteiger partial charge in [-0.15, -0.1) is 11.3 Å². The van der Waals surface area contributed by atoms with Crippen LogP contribution in [0.2, 0.25) is 0 Å². The Morgan fingerprint density at radius 3 is 2.74 bits per heavy atom. The summed E-state index contributed by atoms with van der Waals surface area (Å²) in [5, 5.41) is 2.41. The first-order chi connectivity index (χ1) is 17.0. The molecular formula is C24H29N3O5S3. The van der Waals surface area contributed by atoms with E-state index in [-0.39, 0.29) is 17.9 Å². The molecular weight excluding hydrogens is 506 g/mol. The van der Waals surface area contributed by atoms with E-state index in [4.69, 9.17) is 14.5 Å². The van der Waals surface area contributed by atoms with Crippen LogP contribution in [0.3, 0.4) is 0 Å². The third kappa shape index (κ3) is 5.10. The van der Waals surface area contributed by atoms with E-state index >= 15 is 0 Å². The molecule has 0 spiro atoms. The third-order valence-corrected chi connectivity index (χ3v) is 10.8. The number of rotatable bonds is 8. The van der Waals surface area contributed by atoms with Crippen molar-refractivity contribution in [3.8, 4) is 5.75 Å². The lowest BCUT2D eigenvalue weighted by Crippen LogP contribution is -2.46. The van der Waals surface area contributed by atoms with Gasteiger partial charge >= 0.3 is 0 Å². The van der Waals surface area contributed by atoms with Gasteiger partial charge in [-0.1, -0.05) is 23.5 Å². The highest BCUT2D eigenvalue weighted by Gasteiger charge is 2.36. The minimum Gasteiger partial charge on any atom is -0.492 e. The number of hydrogen-bond acceptors (Lipinski definition) is 8. The van der Waals surface area contributed by atoms with E-state index in [1.807, 2.05) is 25.1 Å². The van der Waals surface area contributed by atoms with Crippen molar-refractivity contribution in [2.75, 3.05) is 37.7 Å². The van der Waals surface area contributed by atoms with E-state index in [2.05, 4.69) is 0 Å². The molecule has 1 unspecified atom stereocenters. The smallest absolute Gasteiger partial charge is 0.252 e. The third-order valence-electron chi connectivity index (χ3n) is 6.47. The molecule has 8 nitrogen and oxygen atoms in total. The monoisotopic (exact) mass is 535 g/mol. The second kappa shape index (κ2) is 10.5. The summed E-state index contributed by atoms with van der Waals surface area (Å²) in [6.07, 6.45) is 2.86. The number of sulfonamides is 1. The van der Waals surface area contributed by atoms with Crippen molar-refractivity contribution in [3.05, 3.63) is 35.7 Å². The number of carbonyl (C=O) groups is 1. The van der Waals surface area contributed by atoms with E-state index in [0.29, 0.717) is 60.8 Å². The van der Waals surface area contributed by atoms with Gasteiger partial charge in [-0.25, -0.2) is 13.4 Å². The summed E-state index contributed by atoms with van der Waals surface area (Å²) in [6, 6.07) is 9.19. The number of amides is 1. The number of hydrogen-bond donors (Lipinski definition) is 0. The number of thiazole rings is 1. The van der Waals surface area contributed by atoms with Crippen LogP contribution in [0.5, 0.6) is 5.75 Å². The van der Waals surface area contributed by atoms with Crippen LogP contribution in [0.25, 0.3) is 10.2 Å². The molecule has 4 heterocycles. The molecule has 3 aromatic rings. The van der Waals surface area contributed by atoms with Crippen LogP contribution in [0.15, 0.2) is 39.9 Å². The average molecular weight is 536 g/mol. The van der Waals surface area contributed by atoms with Gasteiger partial charge in [0.25, 0.3) is 10.0 Å². The fourth-order valence-corrected chi connectivity index (χ4v) is 8.27. The average Bonchev–Trinajstić information content (AvgIpc) is 3.64. The van der Waals surface area contributed by atoms with Crippen LogP contribution < -0.4 is 9.64 Å². The predicted octanol–water partition coefficient (Wildman–Crippen LogP) is 4.37. The first-order valence-corrected chi connectivity index (χ1v) is 15.1. The van der Waals surface area contributed by atoms with Crippen molar-refractivity contribution in [1.29, 1.82) is 0 Å². The fourth-order valence-electron chi connectivity index (χ4n) is 4.65. The summed E-state index contributed by atoms with van der Waals surface area (Å²) >= 11 is 2.70. The largest absolute Gasteiger partial charge is 0.492 e. The van der Waals surface area contributed by atoms with Crippen LogP contribution in [-0.4, -0.2) is 62.6 Å². The zero-order valence-electron chi connectivity index (χ0n) is 19.6. The summed E-state index contributed by atoms with van der Waals surface area (Å²) in [7, 11) is -3.50. The molecule has 2 fully saturated rings. The molecule has 0 aliphatic carbocycles. The number of anilines is 1. The number of thiophene rings is 1. The van der Waals surface area contributed by atoms with E-state index in [0.717, 1.165) is 23.1 Å². The molecule has 2 saturated heterocycles. The van der Waals surface area contributed by atoms with Crippen molar-refractivity contribution in [2.24, 2.45) is 5.92 Å². The number of para-hydroxylation sites is 1. The van der Waals surface area contributed by atoms with Gasteiger partial charge in [0.1, 0.15) is 15.5 Å². The summed E-state index contributed by atoms with van der Waals surface area (Å²) in [6.45, 7) is 4.30. The lowest BCUT2D eigenvalue weighted by atomic mass is 9.96. The van der Waals surface area contributed by atoms with Gasteiger partial charge in [0.05, 0.1) is 24.0 Å². The number of nitrogens with zero attached hydrogens (tertiary/aromatic N) is 3. The van der Waals surface area contributed by atoms with Gasteiger partial charge in [-0.3, -0.25) is 9.69 Å². The highest BCUT2D eigenvalue weighted by atomic mass is 32.2. The number of piperidine rings is 1. The lowest BCUT2D eigenvalue weighted by molar-refractivity contribution is -0.123. The van der Waals surface area contributed by atoms with Crippen LogP contribution >= 0.6 is 22.7 Å². The highest BCUT2D eigenvalue weighted by Crippen LogP contribution is 2.36. The van der Waals surface area contributed by atoms with E-state index in [1.54, 1.807) is 22.4 Å². The zero-order valence-corrected chi connectivity index (χ0v) is 22.0. The maximum atomic E-state index is 13.8. The molecule has 1 atom stereocenters. The molecule has 1 amide bonds. The van der Waals surface area contributed by atoms with Gasteiger partial charge in [-0.05, 0) is 56.2 Å². The summed E-state index contributed by atoms with van der Waals surface area (Å²) in [5.41, 5.74) is 0.761. The number of carbonyl (C=O) groups excluding carboxylic acids is 1. The fraction of sp³-hybridized carbons (Fsp3) is 0.500. The van der Waals surface area contributed by atoms with Gasteiger partial charge in [-0.2, -0.15) is 4.31 Å². The summed E-state index contributed by atoms with van der Waals surface area (Å²) in [5.74, 6) is 0.444. The van der Waals surface area contributed by atoms with Crippen LogP contribution in [0.1, 0.15) is 32.6 Å². The molecule has 5 rings (SSSR count). The molecule has 2 aromatic heterocycles. The summed E-state index contributed by atoms with van der Waals surface area (Å²) < 4.78 is 40.2. The van der Waals surface area contributed by atoms with Crippen molar-refractivity contribution < 1.29 is 22.7 Å². The minimum atomic E-state index is -3.50. The Hall–Kier alpha value is -2.05. The maximum Gasteiger partial charge on any atom is 0.252 e. The molecule has 0 saturated carbocycles. The molecule has 0 N–H and O–H groups in total. The van der Waals surface area contributed by atoms with E-state index in [1.165, 1.54) is 27.0 Å². The minimum absolute atomic E-state index is 0.00862. The van der Waals surface area contributed by atoms with Gasteiger partial charge in [0.15, 0.2) is 5.13 Å². The Balaban J connectivity index is 1.36. The second-order valence-corrected chi connectivity index (χ2v) is 12.8. The standard InChI is InChI=1S/C24H29N3O5S3/c1-2-31-19-7-3-8-20-22(19)25-24(34-20)27(16-18-6-4-14-32-18)23(28)17-10-12-26(13-11-17)35(29,30)21-9-5-15-33-21/h3,5,7-9,15,17-18H,2,4,6,10-14,16H2,1H3. The molecule has 1 aromatic carbocycles. The van der Waals surface area contributed by atoms with Gasteiger partial charge in [0.2, 0.25) is 5.91 Å². The Morgan fingerprint density at radius 1 is 1.23 bits per heavy atom. The Bertz CT molecular complexity index is 1260. The van der Waals surface area contributed by atoms with Crippen molar-refractivity contribution in [3.63, 3.8) is 0 Å². The molecule has 2 aliphatic heterocycles. The van der Waals surface area contributed by atoms with Crippen LogP contribution in [0.4, 0.5) is 5.13 Å². The first kappa shape index (κ1) is 24.6. The molecule has 2 aliphatic rings. The van der Waals surface area contributed by atoms with E-state index in [9.17, 15) is 13.2 Å². The topological polar surface area (TPSA) is 89.0 Å². The SMILES string of the molecule is CCOc1cccc2sc(N(CC3CCCO3)C(=O)C3CCN(S(=O)(=O)c4cccs4)CC3)nc12. The number of aromatic nitrogens is 1. The van der Waals surface area contributed by atoms with Crippen LogP contribution in [-0.2, 0) is 19.6 Å². The normalized spacial score (nSPS) is 19.9. The highest BCUT2D eigenvalue weighted by molar-refractivity contribution is 7.91. The molecule has 188 valence electrons. The number of fused-ring (bicyclic) bond motifs is 1.